The third kappa shape index (κ3) is 3.66. The van der Waals surface area contributed by atoms with E-state index in [9.17, 15) is 8.42 Å². The fourth-order valence-electron chi connectivity index (χ4n) is 2.07. The number of likely N-dealkylation sites (N-methyl/N-ethyl adjacent to an activating group) is 1. The van der Waals surface area contributed by atoms with Gasteiger partial charge in [0.25, 0.3) is 0 Å². The van der Waals surface area contributed by atoms with Gasteiger partial charge >= 0.3 is 0 Å². The van der Waals surface area contributed by atoms with Crippen LogP contribution in [-0.4, -0.2) is 64.7 Å². The molecule has 1 fully saturated rings. The van der Waals surface area contributed by atoms with E-state index in [1.165, 1.54) is 6.20 Å². The fraction of sp³-hybridized carbons (Fsp3) is 0.583. The highest BCUT2D eigenvalue weighted by Gasteiger charge is 2.23. The zero-order chi connectivity index (χ0) is 14.6. The molecule has 8 heteroatoms. The highest BCUT2D eigenvalue weighted by Crippen LogP contribution is 2.18. The molecule has 1 saturated heterocycles. The lowest BCUT2D eigenvalue weighted by Crippen LogP contribution is -2.45. The molecule has 0 bridgehead atoms. The Morgan fingerprint density at radius 1 is 1.55 bits per heavy atom. The largest absolute Gasteiger partial charge is 0.387 e. The number of aromatic nitrogens is 1. The summed E-state index contributed by atoms with van der Waals surface area (Å²) in [7, 11) is 0.0711. The Balaban J connectivity index is 2.04. The molecule has 112 valence electrons. The third-order valence-electron chi connectivity index (χ3n) is 3.19. The van der Waals surface area contributed by atoms with Crippen LogP contribution >= 0.6 is 0 Å². The van der Waals surface area contributed by atoms with E-state index >= 15 is 0 Å². The lowest BCUT2D eigenvalue weighted by atomic mass is 10.3. The minimum absolute atomic E-state index is 0.127. The number of rotatable bonds is 5. The Hall–Kier alpha value is -1.22. The van der Waals surface area contributed by atoms with Gasteiger partial charge in [-0.1, -0.05) is 0 Å². The number of hydrogen-bond acceptors (Lipinski definition) is 6. The smallest absolute Gasteiger partial charge is 0.244 e. The molecule has 20 heavy (non-hydrogen) atoms. The molecule has 7 nitrogen and oxygen atoms in total. The minimum Gasteiger partial charge on any atom is -0.387 e. The highest BCUT2D eigenvalue weighted by atomic mass is 32.2. The van der Waals surface area contributed by atoms with Crippen molar-refractivity contribution in [2.75, 3.05) is 45.7 Å². The van der Waals surface area contributed by atoms with Crippen LogP contribution in [-0.2, 0) is 14.8 Å². The number of sulfonamides is 1. The summed E-state index contributed by atoms with van der Waals surface area (Å²) in [6, 6.07) is 1.62. The zero-order valence-corrected chi connectivity index (χ0v) is 12.5. The van der Waals surface area contributed by atoms with Crippen molar-refractivity contribution in [3.8, 4) is 0 Å². The second-order valence-corrected chi connectivity index (χ2v) is 6.46. The standard InChI is InChI=1S/C12H20N4O3S/c1-13-11-3-4-14-8-12(11)20(17,18)15-7-10-9-16(2)5-6-19-10/h3-4,8,10,15H,5-7,9H2,1-2H3,(H,13,14). The number of ether oxygens (including phenoxy) is 1. The van der Waals surface area contributed by atoms with Crippen LogP contribution in [0.2, 0.25) is 0 Å². The molecule has 2 rings (SSSR count). The predicted octanol–water partition coefficient (Wildman–Crippen LogP) is -0.268. The molecule has 0 aliphatic carbocycles. The minimum atomic E-state index is -3.59. The van der Waals surface area contributed by atoms with Crippen molar-refractivity contribution >= 4 is 15.7 Å². The van der Waals surface area contributed by atoms with Crippen LogP contribution in [0.1, 0.15) is 0 Å². The molecule has 0 amide bonds. The molecule has 1 aliphatic heterocycles. The van der Waals surface area contributed by atoms with E-state index in [1.54, 1.807) is 19.3 Å². The van der Waals surface area contributed by atoms with Gasteiger partial charge in [-0.15, -0.1) is 0 Å². The van der Waals surface area contributed by atoms with E-state index in [0.717, 1.165) is 6.54 Å². The highest BCUT2D eigenvalue weighted by molar-refractivity contribution is 7.89. The van der Waals surface area contributed by atoms with Crippen molar-refractivity contribution < 1.29 is 13.2 Å². The lowest BCUT2D eigenvalue weighted by molar-refractivity contribution is -0.0156. The quantitative estimate of drug-likeness (QED) is 0.779. The molecule has 0 spiro atoms. The first-order valence-electron chi connectivity index (χ1n) is 6.44. The van der Waals surface area contributed by atoms with Gasteiger partial charge in [0.05, 0.1) is 18.4 Å². The SMILES string of the molecule is CNc1ccncc1S(=O)(=O)NCC1CN(C)CCO1. The molecule has 1 aromatic rings. The number of morpholine rings is 1. The Bertz CT molecular complexity index is 549. The lowest BCUT2D eigenvalue weighted by Gasteiger charge is -2.30. The number of pyridine rings is 1. The van der Waals surface area contributed by atoms with Crippen molar-refractivity contribution in [3.63, 3.8) is 0 Å². The molecule has 1 atom stereocenters. The normalized spacial score (nSPS) is 20.8. The molecule has 0 aromatic carbocycles. The van der Waals surface area contributed by atoms with Gasteiger partial charge in [-0.3, -0.25) is 4.98 Å². The van der Waals surface area contributed by atoms with Crippen molar-refractivity contribution in [1.82, 2.24) is 14.6 Å². The third-order valence-corrected chi connectivity index (χ3v) is 4.64. The first kappa shape index (κ1) is 15.2. The van der Waals surface area contributed by atoms with Gasteiger partial charge in [0, 0.05) is 39.1 Å². The summed E-state index contributed by atoms with van der Waals surface area (Å²) in [5.74, 6) is 0. The first-order valence-corrected chi connectivity index (χ1v) is 7.93. The molecular formula is C12H20N4O3S. The van der Waals surface area contributed by atoms with Gasteiger partial charge in [0.2, 0.25) is 10.0 Å². The molecule has 1 aromatic heterocycles. The number of anilines is 1. The second-order valence-electron chi connectivity index (χ2n) is 4.73. The van der Waals surface area contributed by atoms with Crippen molar-refractivity contribution in [1.29, 1.82) is 0 Å². The summed E-state index contributed by atoms with van der Waals surface area (Å²) >= 11 is 0. The zero-order valence-electron chi connectivity index (χ0n) is 11.7. The summed E-state index contributed by atoms with van der Waals surface area (Å²) in [5, 5.41) is 2.85. The topological polar surface area (TPSA) is 83.6 Å². The summed E-state index contributed by atoms with van der Waals surface area (Å²) in [6.07, 6.45) is 2.75. The van der Waals surface area contributed by atoms with Crippen molar-refractivity contribution in [3.05, 3.63) is 18.5 Å². The number of hydrogen-bond donors (Lipinski definition) is 2. The van der Waals surface area contributed by atoms with E-state index in [0.29, 0.717) is 18.8 Å². The molecular weight excluding hydrogens is 280 g/mol. The van der Waals surface area contributed by atoms with E-state index < -0.39 is 10.0 Å². The van der Waals surface area contributed by atoms with Crippen LogP contribution in [0.5, 0.6) is 0 Å². The maximum absolute atomic E-state index is 12.3. The summed E-state index contributed by atoms with van der Waals surface area (Å²) < 4.78 is 32.7. The van der Waals surface area contributed by atoms with Gasteiger partial charge < -0.3 is 15.0 Å². The maximum atomic E-state index is 12.3. The van der Waals surface area contributed by atoms with Crippen molar-refractivity contribution in [2.45, 2.75) is 11.0 Å². The molecule has 1 aliphatic rings. The van der Waals surface area contributed by atoms with Crippen LogP contribution in [0.15, 0.2) is 23.4 Å². The van der Waals surface area contributed by atoms with Crippen LogP contribution in [0.25, 0.3) is 0 Å². The van der Waals surface area contributed by atoms with E-state index in [2.05, 4.69) is 19.9 Å². The average molecular weight is 300 g/mol. The number of nitrogens with zero attached hydrogens (tertiary/aromatic N) is 2. The van der Waals surface area contributed by atoms with E-state index in [4.69, 9.17) is 4.74 Å². The van der Waals surface area contributed by atoms with Gasteiger partial charge in [-0.2, -0.15) is 0 Å². The molecule has 2 heterocycles. The van der Waals surface area contributed by atoms with Gasteiger partial charge in [0.15, 0.2) is 0 Å². The molecule has 2 N–H and O–H groups in total. The predicted molar refractivity (Wildman–Crippen MR) is 76.2 cm³/mol. The van der Waals surface area contributed by atoms with Crippen LogP contribution in [0.3, 0.4) is 0 Å². The maximum Gasteiger partial charge on any atom is 0.244 e. The van der Waals surface area contributed by atoms with Gasteiger partial charge in [-0.05, 0) is 13.1 Å². The Labute approximate surface area is 119 Å². The summed E-state index contributed by atoms with van der Waals surface area (Å²) in [4.78, 5) is 6.13. The average Bonchev–Trinajstić information content (AvgIpc) is 2.45. The molecule has 1 unspecified atom stereocenters. The van der Waals surface area contributed by atoms with Crippen LogP contribution < -0.4 is 10.0 Å². The van der Waals surface area contributed by atoms with Crippen molar-refractivity contribution in [2.24, 2.45) is 0 Å². The van der Waals surface area contributed by atoms with Crippen LogP contribution in [0.4, 0.5) is 5.69 Å². The Morgan fingerprint density at radius 2 is 2.35 bits per heavy atom. The van der Waals surface area contributed by atoms with Gasteiger partial charge in [-0.25, -0.2) is 13.1 Å². The van der Waals surface area contributed by atoms with Gasteiger partial charge in [0.1, 0.15) is 4.90 Å². The molecule has 0 radical (unpaired) electrons. The van der Waals surface area contributed by atoms with Crippen LogP contribution in [0, 0.1) is 0 Å². The first-order chi connectivity index (χ1) is 9.53. The summed E-state index contributed by atoms with van der Waals surface area (Å²) in [6.45, 7) is 2.46. The number of nitrogens with one attached hydrogen (secondary N) is 2. The van der Waals surface area contributed by atoms with E-state index in [-0.39, 0.29) is 17.5 Å². The second kappa shape index (κ2) is 6.49. The summed E-state index contributed by atoms with van der Waals surface area (Å²) in [5.41, 5.74) is 0.522. The molecule has 0 saturated carbocycles. The fourth-order valence-corrected chi connectivity index (χ4v) is 3.29. The monoisotopic (exact) mass is 300 g/mol. The Kier molecular flexibility index (Phi) is 4.92. The van der Waals surface area contributed by atoms with E-state index in [1.807, 2.05) is 7.05 Å². The Morgan fingerprint density at radius 3 is 3.05 bits per heavy atom.